The number of nitrogens with zero attached hydrogens (tertiary/aromatic N) is 1. The predicted molar refractivity (Wildman–Crippen MR) is 94.2 cm³/mol. The molecule has 0 aliphatic carbocycles. The van der Waals surface area contributed by atoms with E-state index in [1.165, 1.54) is 4.57 Å². The molecule has 3 aromatic rings. The summed E-state index contributed by atoms with van der Waals surface area (Å²) in [6, 6.07) is 15.1. The summed E-state index contributed by atoms with van der Waals surface area (Å²) in [6.45, 7) is 4.09. The molecule has 0 saturated heterocycles. The molecule has 24 heavy (non-hydrogen) atoms. The molecule has 2 aromatic carbocycles. The van der Waals surface area contributed by atoms with E-state index in [1.807, 2.05) is 44.2 Å². The number of hydrogen-bond acceptors (Lipinski definition) is 3. The minimum Gasteiger partial charge on any atom is -0.408 e. The zero-order valence-electron chi connectivity index (χ0n) is 14.0. The number of rotatable bonds is 4. The fourth-order valence-corrected chi connectivity index (χ4v) is 2.80. The number of amides is 1. The standard InChI is InChI=1S/C19H20N2O3/c1-19(2,13-7-5-4-6-8-13)12-17(22)20-14-9-10-16-15(11-14)21(3)18(23)24-16/h4-11H,12H2,1-3H3,(H,20,22). The Hall–Kier alpha value is -2.82. The summed E-state index contributed by atoms with van der Waals surface area (Å²) in [7, 11) is 1.64. The van der Waals surface area contributed by atoms with Gasteiger partial charge in [-0.3, -0.25) is 9.36 Å². The molecule has 5 heteroatoms. The van der Waals surface area contributed by atoms with E-state index >= 15 is 0 Å². The van der Waals surface area contributed by atoms with Crippen LogP contribution in [0.15, 0.2) is 57.7 Å². The van der Waals surface area contributed by atoms with Gasteiger partial charge in [-0.05, 0) is 29.2 Å². The zero-order valence-corrected chi connectivity index (χ0v) is 14.0. The molecule has 1 amide bonds. The van der Waals surface area contributed by atoms with Gasteiger partial charge < -0.3 is 9.73 Å². The zero-order chi connectivity index (χ0) is 17.3. The summed E-state index contributed by atoms with van der Waals surface area (Å²) in [6.07, 6.45) is 0.360. The number of aromatic nitrogens is 1. The molecular formula is C19H20N2O3. The van der Waals surface area contributed by atoms with Gasteiger partial charge in [-0.15, -0.1) is 0 Å². The van der Waals surface area contributed by atoms with Crippen LogP contribution in [0.1, 0.15) is 25.8 Å². The second-order valence-corrected chi connectivity index (χ2v) is 6.58. The first-order valence-electron chi connectivity index (χ1n) is 7.82. The lowest BCUT2D eigenvalue weighted by molar-refractivity contribution is -0.117. The third kappa shape index (κ3) is 3.11. The van der Waals surface area contributed by atoms with Crippen molar-refractivity contribution in [1.82, 2.24) is 4.57 Å². The fraction of sp³-hybridized carbons (Fsp3) is 0.263. The minimum absolute atomic E-state index is 0.0725. The molecule has 0 bridgehead atoms. The smallest absolute Gasteiger partial charge is 0.408 e. The number of hydrogen-bond donors (Lipinski definition) is 1. The van der Waals surface area contributed by atoms with Crippen molar-refractivity contribution in [2.75, 3.05) is 5.32 Å². The second-order valence-electron chi connectivity index (χ2n) is 6.58. The Morgan fingerprint density at radius 2 is 1.88 bits per heavy atom. The Bertz CT molecular complexity index is 936. The van der Waals surface area contributed by atoms with Gasteiger partial charge in [0.15, 0.2) is 5.58 Å². The minimum atomic E-state index is -0.418. The van der Waals surface area contributed by atoms with Crippen molar-refractivity contribution in [1.29, 1.82) is 0 Å². The number of aryl methyl sites for hydroxylation is 1. The normalized spacial score (nSPS) is 11.6. The molecule has 3 rings (SSSR count). The van der Waals surface area contributed by atoms with Gasteiger partial charge >= 0.3 is 5.76 Å². The van der Waals surface area contributed by atoms with Gasteiger partial charge in [0.1, 0.15) is 0 Å². The average molecular weight is 324 g/mol. The maximum atomic E-state index is 12.4. The molecule has 5 nitrogen and oxygen atoms in total. The first-order chi connectivity index (χ1) is 11.4. The molecule has 0 unspecified atom stereocenters. The first-order valence-corrected chi connectivity index (χ1v) is 7.82. The molecule has 124 valence electrons. The third-order valence-electron chi connectivity index (χ3n) is 4.23. The van der Waals surface area contributed by atoms with E-state index in [9.17, 15) is 9.59 Å². The van der Waals surface area contributed by atoms with Crippen molar-refractivity contribution in [2.45, 2.75) is 25.7 Å². The molecular weight excluding hydrogens is 304 g/mol. The molecule has 0 saturated carbocycles. The number of anilines is 1. The van der Waals surface area contributed by atoms with Crippen molar-refractivity contribution >= 4 is 22.7 Å². The summed E-state index contributed by atoms with van der Waals surface area (Å²) in [5.41, 5.74) is 2.66. The summed E-state index contributed by atoms with van der Waals surface area (Å²) >= 11 is 0. The highest BCUT2D eigenvalue weighted by molar-refractivity contribution is 5.93. The van der Waals surface area contributed by atoms with Crippen LogP contribution in [0, 0.1) is 0 Å². The van der Waals surface area contributed by atoms with E-state index in [2.05, 4.69) is 5.32 Å². The first kappa shape index (κ1) is 16.1. The van der Waals surface area contributed by atoms with E-state index < -0.39 is 5.76 Å². The van der Waals surface area contributed by atoms with Crippen LogP contribution < -0.4 is 11.1 Å². The number of benzene rings is 2. The highest BCUT2D eigenvalue weighted by atomic mass is 16.4. The lowest BCUT2D eigenvalue weighted by atomic mass is 9.81. The molecule has 1 N–H and O–H groups in total. The average Bonchev–Trinajstić information content (AvgIpc) is 2.82. The largest absolute Gasteiger partial charge is 0.419 e. The van der Waals surface area contributed by atoms with E-state index in [0.29, 0.717) is 23.2 Å². The lowest BCUT2D eigenvalue weighted by Crippen LogP contribution is -2.25. The molecule has 0 aliphatic heterocycles. The summed E-state index contributed by atoms with van der Waals surface area (Å²) in [4.78, 5) is 23.9. The fourth-order valence-electron chi connectivity index (χ4n) is 2.80. The Labute approximate surface area is 139 Å². The van der Waals surface area contributed by atoms with E-state index in [-0.39, 0.29) is 11.3 Å². The van der Waals surface area contributed by atoms with E-state index in [1.54, 1.807) is 25.2 Å². The van der Waals surface area contributed by atoms with Crippen LogP contribution >= 0.6 is 0 Å². The SMILES string of the molecule is Cn1c(=O)oc2ccc(NC(=O)CC(C)(C)c3ccccc3)cc21. The number of carbonyl (C=O) groups excluding carboxylic acids is 1. The van der Waals surface area contributed by atoms with Crippen molar-refractivity contribution < 1.29 is 9.21 Å². The van der Waals surface area contributed by atoms with Crippen LogP contribution in [-0.4, -0.2) is 10.5 Å². The molecule has 1 aromatic heterocycles. The molecule has 0 aliphatic rings. The molecule has 0 fully saturated rings. The Kier molecular flexibility index (Phi) is 4.01. The van der Waals surface area contributed by atoms with Crippen LogP contribution in [0.2, 0.25) is 0 Å². The Morgan fingerprint density at radius 1 is 1.17 bits per heavy atom. The topological polar surface area (TPSA) is 64.2 Å². The number of nitrogens with one attached hydrogen (secondary N) is 1. The van der Waals surface area contributed by atoms with Crippen molar-refractivity contribution in [3.63, 3.8) is 0 Å². The molecule has 1 heterocycles. The van der Waals surface area contributed by atoms with Gasteiger partial charge in [0.05, 0.1) is 5.52 Å². The van der Waals surface area contributed by atoms with Gasteiger partial charge in [-0.2, -0.15) is 0 Å². The Balaban J connectivity index is 1.77. The third-order valence-corrected chi connectivity index (χ3v) is 4.23. The monoisotopic (exact) mass is 324 g/mol. The molecule has 0 radical (unpaired) electrons. The van der Waals surface area contributed by atoms with Crippen LogP contribution in [0.4, 0.5) is 5.69 Å². The predicted octanol–water partition coefficient (Wildman–Crippen LogP) is 3.44. The van der Waals surface area contributed by atoms with Gasteiger partial charge in [0.2, 0.25) is 5.91 Å². The lowest BCUT2D eigenvalue weighted by Gasteiger charge is -2.24. The van der Waals surface area contributed by atoms with E-state index in [0.717, 1.165) is 5.56 Å². The molecule has 0 spiro atoms. The van der Waals surface area contributed by atoms with Crippen molar-refractivity contribution in [3.8, 4) is 0 Å². The summed E-state index contributed by atoms with van der Waals surface area (Å²) in [5.74, 6) is -0.490. The van der Waals surface area contributed by atoms with Crippen molar-refractivity contribution in [2.24, 2.45) is 7.05 Å². The Morgan fingerprint density at radius 3 is 2.58 bits per heavy atom. The van der Waals surface area contributed by atoms with Crippen LogP contribution in [-0.2, 0) is 17.3 Å². The van der Waals surface area contributed by atoms with Crippen LogP contribution in [0.3, 0.4) is 0 Å². The number of carbonyl (C=O) groups is 1. The quantitative estimate of drug-likeness (QED) is 0.799. The van der Waals surface area contributed by atoms with E-state index in [4.69, 9.17) is 4.42 Å². The van der Waals surface area contributed by atoms with Crippen LogP contribution in [0.25, 0.3) is 11.1 Å². The summed E-state index contributed by atoms with van der Waals surface area (Å²) < 4.78 is 6.51. The second kappa shape index (κ2) is 6.00. The van der Waals surface area contributed by atoms with Gasteiger partial charge in [-0.1, -0.05) is 44.2 Å². The molecule has 0 atom stereocenters. The number of oxazole rings is 1. The maximum absolute atomic E-state index is 12.4. The van der Waals surface area contributed by atoms with Gasteiger partial charge in [0, 0.05) is 19.2 Å². The highest BCUT2D eigenvalue weighted by Gasteiger charge is 2.24. The number of fused-ring (bicyclic) bond motifs is 1. The van der Waals surface area contributed by atoms with Crippen molar-refractivity contribution in [3.05, 3.63) is 64.6 Å². The van der Waals surface area contributed by atoms with Gasteiger partial charge in [0.25, 0.3) is 0 Å². The van der Waals surface area contributed by atoms with Gasteiger partial charge in [-0.25, -0.2) is 4.79 Å². The highest BCUT2D eigenvalue weighted by Crippen LogP contribution is 2.27. The maximum Gasteiger partial charge on any atom is 0.419 e. The van der Waals surface area contributed by atoms with Crippen LogP contribution in [0.5, 0.6) is 0 Å². The summed E-state index contributed by atoms with van der Waals surface area (Å²) in [5, 5.41) is 2.90.